The van der Waals surface area contributed by atoms with Gasteiger partial charge in [0.1, 0.15) is 18.0 Å². The van der Waals surface area contributed by atoms with Gasteiger partial charge in [-0.2, -0.15) is 10.2 Å². The van der Waals surface area contributed by atoms with E-state index < -0.39 is 0 Å². The predicted octanol–water partition coefficient (Wildman–Crippen LogP) is 1.08. The Balaban J connectivity index is 2.24. The zero-order valence-corrected chi connectivity index (χ0v) is 10.2. The second kappa shape index (κ2) is 4.44. The third kappa shape index (κ3) is 2.08. The van der Waals surface area contributed by atoms with Crippen molar-refractivity contribution in [1.29, 1.82) is 0 Å². The van der Waals surface area contributed by atoms with E-state index in [9.17, 15) is 0 Å². The van der Waals surface area contributed by atoms with Gasteiger partial charge in [0.25, 0.3) is 0 Å². The SMILES string of the molecule is CCn1nc(C)c(N)c1NC(C)c1ncn[nH]1. The maximum absolute atomic E-state index is 5.99. The van der Waals surface area contributed by atoms with E-state index in [0.717, 1.165) is 23.9 Å². The third-order valence-corrected chi connectivity index (χ3v) is 2.67. The highest BCUT2D eigenvalue weighted by molar-refractivity contribution is 5.65. The van der Waals surface area contributed by atoms with Gasteiger partial charge in [-0.1, -0.05) is 0 Å². The van der Waals surface area contributed by atoms with Crippen LogP contribution in [-0.2, 0) is 6.54 Å². The first-order valence-electron chi connectivity index (χ1n) is 5.58. The molecule has 92 valence electrons. The molecule has 0 fully saturated rings. The minimum absolute atomic E-state index is 0.00111. The minimum atomic E-state index is 0.00111. The van der Waals surface area contributed by atoms with Crippen molar-refractivity contribution in [2.24, 2.45) is 0 Å². The lowest BCUT2D eigenvalue weighted by Crippen LogP contribution is -2.13. The topological polar surface area (TPSA) is 97.4 Å². The van der Waals surface area contributed by atoms with Crippen molar-refractivity contribution >= 4 is 11.5 Å². The van der Waals surface area contributed by atoms with E-state index in [1.165, 1.54) is 6.33 Å². The number of nitrogens with one attached hydrogen (secondary N) is 2. The summed E-state index contributed by atoms with van der Waals surface area (Å²) in [5, 5.41) is 14.3. The number of hydrogen-bond acceptors (Lipinski definition) is 5. The van der Waals surface area contributed by atoms with Crippen LogP contribution in [0.25, 0.3) is 0 Å². The van der Waals surface area contributed by atoms with Crippen molar-refractivity contribution in [2.45, 2.75) is 33.4 Å². The van der Waals surface area contributed by atoms with Crippen molar-refractivity contribution in [3.05, 3.63) is 17.8 Å². The highest BCUT2D eigenvalue weighted by Crippen LogP contribution is 2.25. The zero-order valence-electron chi connectivity index (χ0n) is 10.2. The lowest BCUT2D eigenvalue weighted by molar-refractivity contribution is 0.648. The normalized spacial score (nSPS) is 12.6. The molecule has 2 aromatic heterocycles. The first-order valence-corrected chi connectivity index (χ1v) is 5.58. The van der Waals surface area contributed by atoms with Crippen LogP contribution >= 0.6 is 0 Å². The van der Waals surface area contributed by atoms with E-state index >= 15 is 0 Å². The molecule has 0 aromatic carbocycles. The molecule has 0 amide bonds. The Morgan fingerprint density at radius 1 is 1.59 bits per heavy atom. The van der Waals surface area contributed by atoms with Crippen LogP contribution in [0.2, 0.25) is 0 Å². The maximum Gasteiger partial charge on any atom is 0.148 e. The highest BCUT2D eigenvalue weighted by Gasteiger charge is 2.15. The summed E-state index contributed by atoms with van der Waals surface area (Å²) in [6.07, 6.45) is 1.49. The fourth-order valence-corrected chi connectivity index (χ4v) is 1.67. The second-order valence-electron chi connectivity index (χ2n) is 3.90. The number of nitrogens with two attached hydrogens (primary N) is 1. The number of H-pyrrole nitrogens is 1. The van der Waals surface area contributed by atoms with E-state index in [1.54, 1.807) is 0 Å². The average Bonchev–Trinajstić information content (AvgIpc) is 2.92. The molecule has 4 N–H and O–H groups in total. The quantitative estimate of drug-likeness (QED) is 0.736. The van der Waals surface area contributed by atoms with Gasteiger partial charge in [-0.25, -0.2) is 9.67 Å². The maximum atomic E-state index is 5.99. The molecule has 0 aliphatic rings. The molecule has 0 saturated carbocycles. The summed E-state index contributed by atoms with van der Waals surface area (Å²) in [5.74, 6) is 1.60. The molecule has 1 unspecified atom stereocenters. The fraction of sp³-hybridized carbons (Fsp3) is 0.500. The first kappa shape index (κ1) is 11.4. The van der Waals surface area contributed by atoms with Gasteiger partial charge in [0.05, 0.1) is 17.4 Å². The van der Waals surface area contributed by atoms with Crippen LogP contribution in [-0.4, -0.2) is 25.0 Å². The average molecular weight is 235 g/mol. The number of hydrogen-bond donors (Lipinski definition) is 3. The number of aromatic nitrogens is 5. The van der Waals surface area contributed by atoms with Crippen LogP contribution in [0.1, 0.15) is 31.4 Å². The zero-order chi connectivity index (χ0) is 12.4. The molecule has 7 heteroatoms. The molecule has 2 aromatic rings. The Hall–Kier alpha value is -2.05. The van der Waals surface area contributed by atoms with E-state index in [-0.39, 0.29) is 6.04 Å². The fourth-order valence-electron chi connectivity index (χ4n) is 1.67. The number of anilines is 2. The van der Waals surface area contributed by atoms with E-state index in [0.29, 0.717) is 5.69 Å². The molecule has 2 heterocycles. The number of aromatic amines is 1. The summed E-state index contributed by atoms with van der Waals surface area (Å²) >= 11 is 0. The number of nitrogen functional groups attached to an aromatic ring is 1. The number of rotatable bonds is 4. The Morgan fingerprint density at radius 2 is 2.35 bits per heavy atom. The smallest absolute Gasteiger partial charge is 0.148 e. The van der Waals surface area contributed by atoms with Gasteiger partial charge in [0.2, 0.25) is 0 Å². The molecule has 7 nitrogen and oxygen atoms in total. The van der Waals surface area contributed by atoms with E-state index in [2.05, 4.69) is 25.6 Å². The Labute approximate surface area is 99.4 Å². The lowest BCUT2D eigenvalue weighted by atomic mass is 10.3. The molecular weight excluding hydrogens is 218 g/mol. The molecule has 0 bridgehead atoms. The second-order valence-corrected chi connectivity index (χ2v) is 3.90. The largest absolute Gasteiger partial charge is 0.394 e. The van der Waals surface area contributed by atoms with Gasteiger partial charge < -0.3 is 11.1 Å². The number of aryl methyl sites for hydroxylation is 2. The summed E-state index contributed by atoms with van der Waals surface area (Å²) in [6.45, 7) is 6.67. The van der Waals surface area contributed by atoms with Crippen LogP contribution in [0.15, 0.2) is 6.33 Å². The molecule has 0 aliphatic carbocycles. The molecule has 2 rings (SSSR count). The standard InChI is InChI=1S/C10H17N7/c1-4-17-10(8(11)6(2)16-17)14-7(3)9-12-5-13-15-9/h5,7,14H,4,11H2,1-3H3,(H,12,13,15). The van der Waals surface area contributed by atoms with Gasteiger partial charge in [-0.3, -0.25) is 5.10 Å². The Bertz CT molecular complexity index is 485. The van der Waals surface area contributed by atoms with Crippen LogP contribution in [0.5, 0.6) is 0 Å². The van der Waals surface area contributed by atoms with Crippen molar-refractivity contribution in [3.63, 3.8) is 0 Å². The van der Waals surface area contributed by atoms with Gasteiger partial charge in [0, 0.05) is 6.54 Å². The molecule has 17 heavy (non-hydrogen) atoms. The van der Waals surface area contributed by atoms with Crippen LogP contribution < -0.4 is 11.1 Å². The van der Waals surface area contributed by atoms with Gasteiger partial charge in [-0.05, 0) is 20.8 Å². The van der Waals surface area contributed by atoms with Crippen LogP contribution in [0.4, 0.5) is 11.5 Å². The Kier molecular flexibility index (Phi) is 2.99. The summed E-state index contributed by atoms with van der Waals surface area (Å²) in [6, 6.07) is 0.00111. The first-order chi connectivity index (χ1) is 8.13. The lowest BCUT2D eigenvalue weighted by Gasteiger charge is -2.14. The summed E-state index contributed by atoms with van der Waals surface area (Å²) < 4.78 is 1.84. The van der Waals surface area contributed by atoms with Crippen LogP contribution in [0, 0.1) is 6.92 Å². The molecule has 0 saturated heterocycles. The van der Waals surface area contributed by atoms with Crippen molar-refractivity contribution < 1.29 is 0 Å². The molecule has 1 atom stereocenters. The summed E-state index contributed by atoms with van der Waals surface area (Å²) in [4.78, 5) is 4.10. The van der Waals surface area contributed by atoms with E-state index in [1.807, 2.05) is 25.5 Å². The highest BCUT2D eigenvalue weighted by atomic mass is 15.3. The predicted molar refractivity (Wildman–Crippen MR) is 65.5 cm³/mol. The molecular formula is C10H17N7. The van der Waals surface area contributed by atoms with E-state index in [4.69, 9.17) is 5.73 Å². The summed E-state index contributed by atoms with van der Waals surface area (Å²) in [7, 11) is 0. The van der Waals surface area contributed by atoms with Gasteiger partial charge in [-0.15, -0.1) is 0 Å². The van der Waals surface area contributed by atoms with Crippen molar-refractivity contribution in [1.82, 2.24) is 25.0 Å². The monoisotopic (exact) mass is 235 g/mol. The van der Waals surface area contributed by atoms with Crippen molar-refractivity contribution in [3.8, 4) is 0 Å². The molecule has 0 aliphatic heterocycles. The summed E-state index contributed by atoms with van der Waals surface area (Å²) in [5.41, 5.74) is 7.50. The molecule has 0 radical (unpaired) electrons. The minimum Gasteiger partial charge on any atom is -0.394 e. The van der Waals surface area contributed by atoms with Crippen molar-refractivity contribution in [2.75, 3.05) is 11.1 Å². The Morgan fingerprint density at radius 3 is 2.94 bits per heavy atom. The molecule has 0 spiro atoms. The van der Waals surface area contributed by atoms with Gasteiger partial charge >= 0.3 is 0 Å². The third-order valence-electron chi connectivity index (χ3n) is 2.67. The van der Waals surface area contributed by atoms with Gasteiger partial charge in [0.15, 0.2) is 0 Å². The number of nitrogens with zero attached hydrogens (tertiary/aromatic N) is 4. The van der Waals surface area contributed by atoms with Crippen LogP contribution in [0.3, 0.4) is 0 Å².